The van der Waals surface area contributed by atoms with E-state index in [-0.39, 0.29) is 30.1 Å². The van der Waals surface area contributed by atoms with E-state index in [0.29, 0.717) is 17.3 Å². The standard InChI is InChI=1S/C15H21N3O2.ClH/c1-9-4-5-13(17-11(3)19)14(6-9)18-15(20)10(2)12-7-16-8-12;/h4-6,10,12,16H,7-8H2,1-3H3,(H,17,19)(H,18,20);1H. The average molecular weight is 312 g/mol. The Kier molecular flexibility index (Phi) is 6.18. The monoisotopic (exact) mass is 311 g/mol. The molecule has 2 amide bonds. The van der Waals surface area contributed by atoms with Crippen LogP contribution >= 0.6 is 12.4 Å². The van der Waals surface area contributed by atoms with E-state index in [2.05, 4.69) is 16.0 Å². The zero-order valence-electron chi connectivity index (χ0n) is 12.5. The molecule has 0 saturated carbocycles. The summed E-state index contributed by atoms with van der Waals surface area (Å²) < 4.78 is 0. The van der Waals surface area contributed by atoms with Crippen molar-refractivity contribution in [3.05, 3.63) is 23.8 Å². The lowest BCUT2D eigenvalue weighted by Crippen LogP contribution is -2.48. The van der Waals surface area contributed by atoms with Gasteiger partial charge in [0.1, 0.15) is 0 Å². The van der Waals surface area contributed by atoms with Crippen molar-refractivity contribution in [2.45, 2.75) is 20.8 Å². The van der Waals surface area contributed by atoms with Crippen LogP contribution in [0.4, 0.5) is 11.4 Å². The van der Waals surface area contributed by atoms with Crippen LogP contribution in [0.2, 0.25) is 0 Å². The van der Waals surface area contributed by atoms with E-state index >= 15 is 0 Å². The van der Waals surface area contributed by atoms with Crippen LogP contribution in [-0.4, -0.2) is 24.9 Å². The maximum Gasteiger partial charge on any atom is 0.227 e. The number of amides is 2. The summed E-state index contributed by atoms with van der Waals surface area (Å²) in [5.74, 6) is 0.195. The van der Waals surface area contributed by atoms with Crippen molar-refractivity contribution in [3.8, 4) is 0 Å². The predicted molar refractivity (Wildman–Crippen MR) is 86.9 cm³/mol. The van der Waals surface area contributed by atoms with E-state index in [4.69, 9.17) is 0 Å². The van der Waals surface area contributed by atoms with Crippen LogP contribution in [0.1, 0.15) is 19.4 Å². The highest BCUT2D eigenvalue weighted by Crippen LogP contribution is 2.25. The van der Waals surface area contributed by atoms with E-state index in [1.165, 1.54) is 6.92 Å². The van der Waals surface area contributed by atoms with Gasteiger partial charge in [-0.2, -0.15) is 0 Å². The predicted octanol–water partition coefficient (Wildman–Crippen LogP) is 2.17. The van der Waals surface area contributed by atoms with Crippen molar-refractivity contribution < 1.29 is 9.59 Å². The maximum absolute atomic E-state index is 12.2. The lowest BCUT2D eigenvalue weighted by molar-refractivity contribution is -0.121. The molecule has 0 bridgehead atoms. The van der Waals surface area contributed by atoms with Gasteiger partial charge in [-0.3, -0.25) is 9.59 Å². The Morgan fingerprint density at radius 2 is 1.90 bits per heavy atom. The number of carbonyl (C=O) groups is 2. The van der Waals surface area contributed by atoms with E-state index in [9.17, 15) is 9.59 Å². The number of hydrogen-bond donors (Lipinski definition) is 3. The average Bonchev–Trinajstić information content (AvgIpc) is 2.29. The Morgan fingerprint density at radius 3 is 2.43 bits per heavy atom. The molecule has 1 aromatic carbocycles. The fraction of sp³-hybridized carbons (Fsp3) is 0.467. The third-order valence-electron chi connectivity index (χ3n) is 3.68. The molecule has 1 heterocycles. The van der Waals surface area contributed by atoms with Gasteiger partial charge in [0.2, 0.25) is 11.8 Å². The second-order valence-corrected chi connectivity index (χ2v) is 5.43. The molecule has 1 aliphatic rings. The summed E-state index contributed by atoms with van der Waals surface area (Å²) in [5.41, 5.74) is 2.33. The molecule has 0 spiro atoms. The molecule has 0 aromatic heterocycles. The number of anilines is 2. The lowest BCUT2D eigenvalue weighted by Gasteiger charge is -2.31. The van der Waals surface area contributed by atoms with Crippen LogP contribution in [0.15, 0.2) is 18.2 Å². The molecule has 2 rings (SSSR count). The minimum absolute atomic E-state index is 0. The van der Waals surface area contributed by atoms with Crippen molar-refractivity contribution in [2.75, 3.05) is 23.7 Å². The molecule has 0 radical (unpaired) electrons. The number of hydrogen-bond acceptors (Lipinski definition) is 3. The molecule has 5 nitrogen and oxygen atoms in total. The van der Waals surface area contributed by atoms with Crippen LogP contribution in [0.3, 0.4) is 0 Å². The summed E-state index contributed by atoms with van der Waals surface area (Å²) in [6.45, 7) is 7.12. The highest BCUT2D eigenvalue weighted by atomic mass is 35.5. The lowest BCUT2D eigenvalue weighted by atomic mass is 9.88. The number of benzene rings is 1. The Hall–Kier alpha value is -1.59. The molecule has 0 aliphatic carbocycles. The Labute approximate surface area is 131 Å². The van der Waals surface area contributed by atoms with E-state index in [1.807, 2.05) is 32.0 Å². The summed E-state index contributed by atoms with van der Waals surface area (Å²) in [6, 6.07) is 5.58. The van der Waals surface area contributed by atoms with Gasteiger partial charge in [0.05, 0.1) is 11.4 Å². The molecule has 1 saturated heterocycles. The van der Waals surface area contributed by atoms with Gasteiger partial charge in [-0.25, -0.2) is 0 Å². The van der Waals surface area contributed by atoms with Crippen LogP contribution in [0, 0.1) is 18.8 Å². The topological polar surface area (TPSA) is 70.2 Å². The van der Waals surface area contributed by atoms with E-state index in [1.54, 1.807) is 0 Å². The fourth-order valence-electron chi connectivity index (χ4n) is 2.19. The van der Waals surface area contributed by atoms with Crippen LogP contribution in [0.25, 0.3) is 0 Å². The minimum Gasteiger partial charge on any atom is -0.325 e. The van der Waals surface area contributed by atoms with Gasteiger partial charge in [0.15, 0.2) is 0 Å². The number of aryl methyl sites for hydroxylation is 1. The zero-order valence-corrected chi connectivity index (χ0v) is 13.3. The smallest absolute Gasteiger partial charge is 0.227 e. The molecule has 3 N–H and O–H groups in total. The van der Waals surface area contributed by atoms with Gasteiger partial charge >= 0.3 is 0 Å². The first kappa shape index (κ1) is 17.5. The van der Waals surface area contributed by atoms with Crippen molar-refractivity contribution in [3.63, 3.8) is 0 Å². The maximum atomic E-state index is 12.2. The number of nitrogens with one attached hydrogen (secondary N) is 3. The van der Waals surface area contributed by atoms with Crippen LogP contribution in [0.5, 0.6) is 0 Å². The molecule has 1 unspecified atom stereocenters. The molecule has 1 aliphatic heterocycles. The van der Waals surface area contributed by atoms with E-state index < -0.39 is 0 Å². The quantitative estimate of drug-likeness (QED) is 0.798. The first-order valence-corrected chi connectivity index (χ1v) is 6.87. The van der Waals surface area contributed by atoms with Gasteiger partial charge in [-0.15, -0.1) is 12.4 Å². The highest BCUT2D eigenvalue weighted by Gasteiger charge is 2.29. The molecular weight excluding hydrogens is 290 g/mol. The molecule has 116 valence electrons. The summed E-state index contributed by atoms with van der Waals surface area (Å²) in [4.78, 5) is 23.4. The second-order valence-electron chi connectivity index (χ2n) is 5.43. The zero-order chi connectivity index (χ0) is 14.7. The van der Waals surface area contributed by atoms with Crippen LogP contribution in [-0.2, 0) is 9.59 Å². The van der Waals surface area contributed by atoms with Crippen molar-refractivity contribution >= 4 is 35.6 Å². The summed E-state index contributed by atoms with van der Waals surface area (Å²) in [6.07, 6.45) is 0. The summed E-state index contributed by atoms with van der Waals surface area (Å²) in [7, 11) is 0. The van der Waals surface area contributed by atoms with Gasteiger partial charge < -0.3 is 16.0 Å². The van der Waals surface area contributed by atoms with Crippen molar-refractivity contribution in [2.24, 2.45) is 11.8 Å². The van der Waals surface area contributed by atoms with Crippen molar-refractivity contribution in [1.29, 1.82) is 0 Å². The molecular formula is C15H22ClN3O2. The molecule has 1 fully saturated rings. The third kappa shape index (κ3) is 4.44. The van der Waals surface area contributed by atoms with E-state index in [0.717, 1.165) is 18.7 Å². The molecule has 21 heavy (non-hydrogen) atoms. The fourth-order valence-corrected chi connectivity index (χ4v) is 2.19. The van der Waals surface area contributed by atoms with Gasteiger partial charge in [-0.05, 0) is 43.6 Å². The second kappa shape index (κ2) is 7.43. The Morgan fingerprint density at radius 1 is 1.24 bits per heavy atom. The molecule has 1 atom stereocenters. The number of carbonyl (C=O) groups excluding carboxylic acids is 2. The number of halogens is 1. The Bertz CT molecular complexity index is 530. The third-order valence-corrected chi connectivity index (χ3v) is 3.68. The summed E-state index contributed by atoms with van der Waals surface area (Å²) >= 11 is 0. The Balaban J connectivity index is 0.00000220. The number of rotatable bonds is 4. The summed E-state index contributed by atoms with van der Waals surface area (Å²) in [5, 5.41) is 8.83. The highest BCUT2D eigenvalue weighted by molar-refractivity contribution is 5.99. The largest absolute Gasteiger partial charge is 0.325 e. The molecule has 6 heteroatoms. The van der Waals surface area contributed by atoms with Crippen molar-refractivity contribution in [1.82, 2.24) is 5.32 Å². The molecule has 1 aromatic rings. The van der Waals surface area contributed by atoms with Gasteiger partial charge in [-0.1, -0.05) is 13.0 Å². The van der Waals surface area contributed by atoms with Crippen LogP contribution < -0.4 is 16.0 Å². The normalized spacial score (nSPS) is 15.4. The first-order valence-electron chi connectivity index (χ1n) is 6.87. The van der Waals surface area contributed by atoms with Gasteiger partial charge in [0.25, 0.3) is 0 Å². The minimum atomic E-state index is -0.152. The first-order chi connectivity index (χ1) is 9.47. The SMILES string of the molecule is CC(=O)Nc1ccc(C)cc1NC(=O)C(C)C1CNC1.Cl. The van der Waals surface area contributed by atoms with Gasteiger partial charge in [0, 0.05) is 12.8 Å².